The van der Waals surface area contributed by atoms with Gasteiger partial charge in [0.1, 0.15) is 0 Å². The molecule has 4 rings (SSSR count). The fraction of sp³-hybridized carbons (Fsp3) is 0.963. The quantitative estimate of drug-likeness (QED) is 0.510. The molecule has 4 saturated carbocycles. The van der Waals surface area contributed by atoms with Gasteiger partial charge in [-0.25, -0.2) is 0 Å². The zero-order valence-electron chi connectivity index (χ0n) is 20.9. The van der Waals surface area contributed by atoms with Gasteiger partial charge in [-0.15, -0.1) is 0 Å². The predicted molar refractivity (Wildman–Crippen MR) is 128 cm³/mol. The zero-order chi connectivity index (χ0) is 23.1. The third kappa shape index (κ3) is 4.15. The van der Waals surface area contributed by atoms with Gasteiger partial charge in [-0.1, -0.05) is 20.8 Å². The van der Waals surface area contributed by atoms with Crippen LogP contribution in [0, 0.1) is 46.3 Å². The smallest absolute Gasteiger partial charge is 0.305 e. The summed E-state index contributed by atoms with van der Waals surface area (Å²) >= 11 is 0. The minimum atomic E-state index is -0.153. The molecule has 0 amide bonds. The number of aliphatic hydroxyl groups excluding tert-OH is 1. The van der Waals surface area contributed by atoms with E-state index in [1.165, 1.54) is 52.1 Å². The summed E-state index contributed by atoms with van der Waals surface area (Å²) in [6.45, 7) is 9.03. The number of hydrogen-bond acceptors (Lipinski definition) is 5. The Morgan fingerprint density at radius 1 is 1.12 bits per heavy atom. The lowest BCUT2D eigenvalue weighted by Gasteiger charge is -2.62. The molecule has 0 spiro atoms. The van der Waals surface area contributed by atoms with Gasteiger partial charge in [0.05, 0.1) is 13.2 Å². The molecule has 0 aliphatic heterocycles. The number of fused-ring (bicyclic) bond motifs is 5. The summed E-state index contributed by atoms with van der Waals surface area (Å²) < 4.78 is 4.89. The first kappa shape index (κ1) is 24.5. The minimum absolute atomic E-state index is 0.0847. The number of rotatable bonds is 7. The summed E-state index contributed by atoms with van der Waals surface area (Å²) in [7, 11) is 1.49. The van der Waals surface area contributed by atoms with Crippen LogP contribution in [0.3, 0.4) is 0 Å². The number of esters is 1. The highest BCUT2D eigenvalue weighted by molar-refractivity contribution is 5.69. The summed E-state index contributed by atoms with van der Waals surface area (Å²) in [5.74, 6) is 3.49. The van der Waals surface area contributed by atoms with E-state index >= 15 is 0 Å². The number of carbonyl (C=O) groups is 1. The average molecular weight is 449 g/mol. The topological polar surface area (TPSA) is 84.6 Å². The second-order valence-electron chi connectivity index (χ2n) is 12.3. The molecule has 0 heterocycles. The van der Waals surface area contributed by atoms with E-state index < -0.39 is 0 Å². The van der Waals surface area contributed by atoms with E-state index in [0.29, 0.717) is 65.3 Å². The van der Waals surface area contributed by atoms with E-state index in [4.69, 9.17) is 10.5 Å². The molecule has 0 saturated heterocycles. The van der Waals surface area contributed by atoms with Crippen LogP contribution in [0.4, 0.5) is 0 Å². The van der Waals surface area contributed by atoms with Crippen molar-refractivity contribution in [3.63, 3.8) is 0 Å². The first-order chi connectivity index (χ1) is 15.2. The molecule has 0 aromatic carbocycles. The van der Waals surface area contributed by atoms with Crippen LogP contribution in [0.25, 0.3) is 0 Å². The molecule has 4 unspecified atom stereocenters. The van der Waals surface area contributed by atoms with E-state index in [-0.39, 0.29) is 12.1 Å². The molecular weight excluding hydrogens is 400 g/mol. The maximum atomic E-state index is 11.7. The molecule has 0 aromatic rings. The van der Waals surface area contributed by atoms with E-state index in [9.17, 15) is 9.90 Å². The maximum Gasteiger partial charge on any atom is 0.305 e. The third-order valence-electron chi connectivity index (χ3n) is 11.1. The van der Waals surface area contributed by atoms with Crippen LogP contribution in [0.15, 0.2) is 0 Å². The molecule has 0 radical (unpaired) electrons. The van der Waals surface area contributed by atoms with Gasteiger partial charge in [0, 0.05) is 25.6 Å². The van der Waals surface area contributed by atoms with Crippen molar-refractivity contribution in [2.45, 2.75) is 97.1 Å². The van der Waals surface area contributed by atoms with E-state index in [1.807, 2.05) is 0 Å². The van der Waals surface area contributed by atoms with Crippen molar-refractivity contribution >= 4 is 5.97 Å². The summed E-state index contributed by atoms with van der Waals surface area (Å²) in [5, 5.41) is 15.2. The van der Waals surface area contributed by atoms with Crippen molar-refractivity contribution in [2.75, 3.05) is 20.2 Å². The Labute approximate surface area is 195 Å². The Kier molecular flexibility index (Phi) is 7.30. The van der Waals surface area contributed by atoms with E-state index in [2.05, 4.69) is 26.1 Å². The highest BCUT2D eigenvalue weighted by Crippen LogP contribution is 2.68. The molecule has 4 N–H and O–H groups in total. The van der Waals surface area contributed by atoms with Gasteiger partial charge in [0.2, 0.25) is 0 Å². The second-order valence-corrected chi connectivity index (χ2v) is 12.3. The molecule has 32 heavy (non-hydrogen) atoms. The van der Waals surface area contributed by atoms with Crippen molar-refractivity contribution in [2.24, 2.45) is 52.1 Å². The summed E-state index contributed by atoms with van der Waals surface area (Å²) in [5.41, 5.74) is 6.40. The largest absolute Gasteiger partial charge is 0.469 e. The lowest BCUT2D eigenvalue weighted by atomic mass is 9.43. The first-order valence-electron chi connectivity index (χ1n) is 13.4. The van der Waals surface area contributed by atoms with Gasteiger partial charge in [0.15, 0.2) is 0 Å². The normalized spacial score (nSPS) is 46.6. The van der Waals surface area contributed by atoms with Crippen LogP contribution >= 0.6 is 0 Å². The van der Waals surface area contributed by atoms with Crippen molar-refractivity contribution in [3.8, 4) is 0 Å². The lowest BCUT2D eigenvalue weighted by Crippen LogP contribution is -2.59. The molecule has 184 valence electrons. The molecule has 0 bridgehead atoms. The molecule has 0 aromatic heterocycles. The molecule has 4 aliphatic carbocycles. The van der Waals surface area contributed by atoms with Crippen LogP contribution in [0.2, 0.25) is 0 Å². The Morgan fingerprint density at radius 2 is 1.84 bits per heavy atom. The fourth-order valence-corrected chi connectivity index (χ4v) is 9.32. The van der Waals surface area contributed by atoms with Gasteiger partial charge in [0.25, 0.3) is 0 Å². The number of methoxy groups -OCH3 is 1. The molecular formula is C27H48N2O3. The number of ether oxygens (including phenoxy) is 1. The molecule has 5 heteroatoms. The van der Waals surface area contributed by atoms with E-state index in [1.54, 1.807) is 0 Å². The second kappa shape index (κ2) is 9.54. The van der Waals surface area contributed by atoms with Crippen LogP contribution in [0.5, 0.6) is 0 Å². The third-order valence-corrected chi connectivity index (χ3v) is 11.1. The van der Waals surface area contributed by atoms with Gasteiger partial charge in [-0.2, -0.15) is 0 Å². The van der Waals surface area contributed by atoms with Crippen molar-refractivity contribution in [1.29, 1.82) is 0 Å². The van der Waals surface area contributed by atoms with Crippen LogP contribution in [-0.2, 0) is 9.53 Å². The summed E-state index contributed by atoms with van der Waals surface area (Å²) in [4.78, 5) is 11.7. The Bertz CT molecular complexity index is 671. The highest BCUT2D eigenvalue weighted by atomic mass is 16.5. The highest BCUT2D eigenvalue weighted by Gasteiger charge is 2.62. The Morgan fingerprint density at radius 3 is 2.56 bits per heavy atom. The standard InChI is InChI=1S/C27H48N2O3/c1-17(5-8-24(31)32-4)20-6-7-21-25-22(10-12-27(20,21)3)26(2)11-9-19(29-14-13-28)15-18(26)16-23(25)30/h17-23,25,29-30H,5-16,28H2,1-4H3/t17?,18-,19-,20-,21?,22?,23-,25?,26+,27-/m1/s1. The monoisotopic (exact) mass is 448 g/mol. The molecule has 5 nitrogen and oxygen atoms in total. The molecule has 4 fully saturated rings. The molecule has 4 aliphatic rings. The number of nitrogens with two attached hydrogens (primary N) is 1. The van der Waals surface area contributed by atoms with Crippen LogP contribution in [-0.4, -0.2) is 43.4 Å². The maximum absolute atomic E-state index is 11.7. The van der Waals surface area contributed by atoms with Crippen LogP contribution in [0.1, 0.15) is 85.0 Å². The van der Waals surface area contributed by atoms with Crippen molar-refractivity contribution in [1.82, 2.24) is 5.32 Å². The van der Waals surface area contributed by atoms with Gasteiger partial charge in [-0.3, -0.25) is 4.79 Å². The zero-order valence-corrected chi connectivity index (χ0v) is 20.9. The SMILES string of the molecule is COC(=O)CCC(C)[C@H]1CCC2C3C(CC[C@@]21C)[C@@]1(C)CC[C@@H](NCCN)C[C@@H]1C[C@H]3O. The average Bonchev–Trinajstić information content (AvgIpc) is 3.13. The minimum Gasteiger partial charge on any atom is -0.469 e. The lowest BCUT2D eigenvalue weighted by molar-refractivity contribution is -0.167. The fourth-order valence-electron chi connectivity index (χ4n) is 9.32. The van der Waals surface area contributed by atoms with Gasteiger partial charge < -0.3 is 20.9 Å². The van der Waals surface area contributed by atoms with Crippen molar-refractivity contribution < 1.29 is 14.6 Å². The first-order valence-corrected chi connectivity index (χ1v) is 13.4. The van der Waals surface area contributed by atoms with E-state index in [0.717, 1.165) is 19.4 Å². The number of hydrogen-bond donors (Lipinski definition) is 3. The summed E-state index contributed by atoms with van der Waals surface area (Å²) in [6, 6.07) is 0.570. The van der Waals surface area contributed by atoms with Crippen LogP contribution < -0.4 is 11.1 Å². The predicted octanol–water partition coefficient (Wildman–Crippen LogP) is 4.12. The number of aliphatic hydroxyl groups is 1. The van der Waals surface area contributed by atoms with Crippen molar-refractivity contribution in [3.05, 3.63) is 0 Å². The number of nitrogens with one attached hydrogen (secondary N) is 1. The Balaban J connectivity index is 1.48. The molecule has 10 atom stereocenters. The number of carbonyl (C=O) groups excluding carboxylic acids is 1. The Hall–Kier alpha value is -0.650. The van der Waals surface area contributed by atoms with Gasteiger partial charge in [-0.05, 0) is 104 Å². The summed E-state index contributed by atoms with van der Waals surface area (Å²) in [6.07, 6.45) is 11.1. The van der Waals surface area contributed by atoms with Gasteiger partial charge >= 0.3 is 5.97 Å².